The molecule has 0 spiro atoms. The predicted octanol–water partition coefficient (Wildman–Crippen LogP) is 0.375. The van der Waals surface area contributed by atoms with Crippen molar-refractivity contribution in [2.24, 2.45) is 0 Å². The van der Waals surface area contributed by atoms with E-state index >= 15 is 0 Å². The van der Waals surface area contributed by atoms with E-state index in [1.54, 1.807) is 0 Å². The van der Waals surface area contributed by atoms with Crippen molar-refractivity contribution >= 4 is 0 Å². The van der Waals surface area contributed by atoms with Gasteiger partial charge in [0.1, 0.15) is 12.6 Å². The van der Waals surface area contributed by atoms with Crippen molar-refractivity contribution in [3.05, 3.63) is 0 Å². The quantitative estimate of drug-likeness (QED) is 0.432. The Hall–Kier alpha value is -0.160. The number of aliphatic hydroxyl groups is 1. The summed E-state index contributed by atoms with van der Waals surface area (Å²) in [5.41, 5.74) is 0. The number of hydrogen-bond acceptors (Lipinski definition) is 3. The van der Waals surface area contributed by atoms with Crippen molar-refractivity contribution in [3.63, 3.8) is 0 Å². The third kappa shape index (κ3) is 10.7. The Bertz CT molecular complexity index is 184. The summed E-state index contributed by atoms with van der Waals surface area (Å²) in [5.74, 6) is 0. The summed E-state index contributed by atoms with van der Waals surface area (Å²) in [6.45, 7) is 7.15. The van der Waals surface area contributed by atoms with E-state index in [9.17, 15) is 5.11 Å². The molecule has 4 heteroatoms. The van der Waals surface area contributed by atoms with E-state index in [1.165, 1.54) is 0 Å². The highest BCUT2D eigenvalue weighted by atomic mass is 16.3. The zero-order valence-corrected chi connectivity index (χ0v) is 12.4. The van der Waals surface area contributed by atoms with Crippen LogP contribution in [0.3, 0.4) is 0 Å². The van der Waals surface area contributed by atoms with E-state index in [0.717, 1.165) is 50.0 Å². The molecule has 0 rings (SSSR count). The van der Waals surface area contributed by atoms with Gasteiger partial charge in [0, 0.05) is 19.6 Å². The molecule has 0 radical (unpaired) electrons. The lowest BCUT2D eigenvalue weighted by molar-refractivity contribution is -0.892. The van der Waals surface area contributed by atoms with Crippen LogP contribution in [0.1, 0.15) is 19.8 Å². The third-order valence-electron chi connectivity index (χ3n) is 2.96. The van der Waals surface area contributed by atoms with Crippen LogP contribution in [0.4, 0.5) is 0 Å². The minimum atomic E-state index is -0.156. The first-order valence-corrected chi connectivity index (χ1v) is 6.73. The van der Waals surface area contributed by atoms with Crippen molar-refractivity contribution in [2.45, 2.75) is 25.9 Å². The summed E-state index contributed by atoms with van der Waals surface area (Å²) >= 11 is 0. The molecule has 0 amide bonds. The Balaban J connectivity index is 3.63. The first-order valence-electron chi connectivity index (χ1n) is 6.73. The van der Waals surface area contributed by atoms with E-state index in [0.29, 0.717) is 0 Å². The lowest BCUT2D eigenvalue weighted by atomic mass is 10.2. The molecule has 1 atom stereocenters. The van der Waals surface area contributed by atoms with E-state index in [1.807, 2.05) is 0 Å². The highest BCUT2D eigenvalue weighted by Gasteiger charge is 2.19. The Morgan fingerprint density at radius 1 is 1.24 bits per heavy atom. The number of aliphatic hydroxyl groups excluding tert-OH is 1. The van der Waals surface area contributed by atoms with Gasteiger partial charge in [-0.2, -0.15) is 0 Å². The van der Waals surface area contributed by atoms with Gasteiger partial charge in [0.25, 0.3) is 0 Å². The number of likely N-dealkylation sites (N-methyl/N-ethyl adjacent to an activating group) is 2. The van der Waals surface area contributed by atoms with Crippen molar-refractivity contribution in [3.8, 4) is 0 Å². The summed E-state index contributed by atoms with van der Waals surface area (Å²) in [4.78, 5) is 2.18. The number of rotatable bonds is 10. The van der Waals surface area contributed by atoms with Gasteiger partial charge in [-0.25, -0.2) is 0 Å². The zero-order chi connectivity index (χ0) is 13.3. The fraction of sp³-hybridized carbons (Fsp3) is 1.00. The summed E-state index contributed by atoms with van der Waals surface area (Å²) in [6, 6.07) is 0. The Kier molecular flexibility index (Phi) is 8.78. The van der Waals surface area contributed by atoms with Gasteiger partial charge in [-0.15, -0.1) is 0 Å². The SMILES string of the molecule is CCCC(O)C[N+](C)(C)CCNCCN(C)C. The predicted molar refractivity (Wildman–Crippen MR) is 74.2 cm³/mol. The molecule has 0 saturated carbocycles. The fourth-order valence-corrected chi connectivity index (χ4v) is 1.90. The monoisotopic (exact) mass is 246 g/mol. The van der Waals surface area contributed by atoms with E-state index in [2.05, 4.69) is 45.3 Å². The van der Waals surface area contributed by atoms with E-state index in [-0.39, 0.29) is 6.10 Å². The fourth-order valence-electron chi connectivity index (χ4n) is 1.90. The average Bonchev–Trinajstić information content (AvgIpc) is 2.15. The molecule has 1 unspecified atom stereocenters. The maximum atomic E-state index is 9.82. The topological polar surface area (TPSA) is 35.5 Å². The first-order chi connectivity index (χ1) is 7.87. The normalized spacial score (nSPS) is 14.3. The maximum Gasteiger partial charge on any atom is 0.105 e. The van der Waals surface area contributed by atoms with Gasteiger partial charge >= 0.3 is 0 Å². The van der Waals surface area contributed by atoms with Crippen molar-refractivity contribution in [1.29, 1.82) is 0 Å². The summed E-state index contributed by atoms with van der Waals surface area (Å²) in [7, 11) is 8.55. The van der Waals surface area contributed by atoms with Crippen LogP contribution in [0.2, 0.25) is 0 Å². The Labute approximate surface area is 107 Å². The number of nitrogens with zero attached hydrogens (tertiary/aromatic N) is 2. The number of hydrogen-bond donors (Lipinski definition) is 2. The molecule has 0 aromatic rings. The third-order valence-corrected chi connectivity index (χ3v) is 2.96. The van der Waals surface area contributed by atoms with Gasteiger partial charge in [0.05, 0.1) is 20.6 Å². The van der Waals surface area contributed by atoms with Crippen molar-refractivity contribution in [1.82, 2.24) is 10.2 Å². The van der Waals surface area contributed by atoms with Crippen LogP contribution in [0.5, 0.6) is 0 Å². The minimum Gasteiger partial charge on any atom is -0.387 e. The van der Waals surface area contributed by atoms with Crippen LogP contribution in [-0.2, 0) is 0 Å². The molecule has 0 bridgehead atoms. The molecule has 0 aliphatic carbocycles. The highest BCUT2D eigenvalue weighted by molar-refractivity contribution is 4.54. The van der Waals surface area contributed by atoms with E-state index < -0.39 is 0 Å². The molecular formula is C13H32N3O+. The lowest BCUT2D eigenvalue weighted by Crippen LogP contribution is -2.49. The van der Waals surface area contributed by atoms with Gasteiger partial charge in [0.2, 0.25) is 0 Å². The number of quaternary nitrogens is 1. The second-order valence-electron chi connectivity index (χ2n) is 5.84. The number of nitrogens with one attached hydrogen (secondary N) is 1. The zero-order valence-electron chi connectivity index (χ0n) is 12.4. The van der Waals surface area contributed by atoms with Gasteiger partial charge in [-0.05, 0) is 20.5 Å². The van der Waals surface area contributed by atoms with Gasteiger partial charge < -0.3 is 19.8 Å². The van der Waals surface area contributed by atoms with Gasteiger partial charge in [-0.3, -0.25) is 0 Å². The van der Waals surface area contributed by atoms with Gasteiger partial charge in [0.15, 0.2) is 0 Å². The molecule has 0 saturated heterocycles. The van der Waals surface area contributed by atoms with Crippen molar-refractivity contribution < 1.29 is 9.59 Å². The van der Waals surface area contributed by atoms with Crippen LogP contribution in [0, 0.1) is 0 Å². The standard InChI is InChI=1S/C13H32N3O/c1-6-7-13(17)12-16(4,5)11-9-14-8-10-15(2)3/h13-14,17H,6-12H2,1-5H3/q+1. The second kappa shape index (κ2) is 8.86. The molecule has 0 aromatic heterocycles. The Morgan fingerprint density at radius 2 is 1.88 bits per heavy atom. The molecule has 0 heterocycles. The molecule has 4 nitrogen and oxygen atoms in total. The molecule has 17 heavy (non-hydrogen) atoms. The summed E-state index contributed by atoms with van der Waals surface area (Å²) in [6.07, 6.45) is 1.81. The lowest BCUT2D eigenvalue weighted by Gasteiger charge is -2.32. The maximum absolute atomic E-state index is 9.82. The van der Waals surface area contributed by atoms with E-state index in [4.69, 9.17) is 0 Å². The van der Waals surface area contributed by atoms with Crippen LogP contribution in [0.15, 0.2) is 0 Å². The molecule has 2 N–H and O–H groups in total. The summed E-state index contributed by atoms with van der Waals surface area (Å²) < 4.78 is 0.885. The summed E-state index contributed by atoms with van der Waals surface area (Å²) in [5, 5.41) is 13.3. The molecule has 0 aliphatic heterocycles. The molecular weight excluding hydrogens is 214 g/mol. The van der Waals surface area contributed by atoms with Gasteiger partial charge in [-0.1, -0.05) is 13.3 Å². The van der Waals surface area contributed by atoms with Crippen LogP contribution < -0.4 is 5.32 Å². The Morgan fingerprint density at radius 3 is 2.41 bits per heavy atom. The largest absolute Gasteiger partial charge is 0.387 e. The average molecular weight is 246 g/mol. The highest BCUT2D eigenvalue weighted by Crippen LogP contribution is 2.04. The molecule has 0 fully saturated rings. The molecule has 0 aliphatic rings. The second-order valence-corrected chi connectivity index (χ2v) is 5.84. The van der Waals surface area contributed by atoms with Crippen LogP contribution >= 0.6 is 0 Å². The van der Waals surface area contributed by atoms with Crippen molar-refractivity contribution in [2.75, 3.05) is 60.9 Å². The smallest absolute Gasteiger partial charge is 0.105 e. The van der Waals surface area contributed by atoms with Crippen LogP contribution in [-0.4, -0.2) is 81.5 Å². The molecule has 0 aromatic carbocycles. The minimum absolute atomic E-state index is 0.156. The first kappa shape index (κ1) is 16.8. The van der Waals surface area contributed by atoms with Crippen LogP contribution in [0.25, 0.3) is 0 Å². The molecule has 104 valence electrons.